The fourth-order valence-electron chi connectivity index (χ4n) is 2.20. The highest BCUT2D eigenvalue weighted by molar-refractivity contribution is 7.89. The monoisotopic (exact) mass is 332 g/mol. The maximum Gasteiger partial charge on any atom is 0.245 e. The van der Waals surface area contributed by atoms with Crippen molar-refractivity contribution in [3.63, 3.8) is 0 Å². The Hall–Kier alpha value is -1.44. The van der Waals surface area contributed by atoms with Crippen LogP contribution in [0.3, 0.4) is 0 Å². The molecule has 2 aromatic rings. The lowest BCUT2D eigenvalue weighted by atomic mass is 10.1. The van der Waals surface area contributed by atoms with Crippen molar-refractivity contribution in [2.45, 2.75) is 31.7 Å². The highest BCUT2D eigenvalue weighted by Gasteiger charge is 2.27. The zero-order valence-electron chi connectivity index (χ0n) is 11.6. The number of rotatable bonds is 4. The molecule has 1 atom stereocenters. The van der Waals surface area contributed by atoms with E-state index in [1.54, 1.807) is 20.8 Å². The Morgan fingerprint density at radius 3 is 2.57 bits per heavy atom. The van der Waals surface area contributed by atoms with Gasteiger partial charge < -0.3 is 4.52 Å². The summed E-state index contributed by atoms with van der Waals surface area (Å²) in [5, 5.41) is 3.59. The Kier molecular flexibility index (Phi) is 4.36. The van der Waals surface area contributed by atoms with E-state index in [0.29, 0.717) is 17.0 Å². The van der Waals surface area contributed by atoms with Crippen LogP contribution in [0.2, 0.25) is 5.02 Å². The number of nitrogens with one attached hydrogen (secondary N) is 1. The third-order valence-corrected chi connectivity index (χ3v) is 5.08. The van der Waals surface area contributed by atoms with Gasteiger partial charge in [-0.25, -0.2) is 17.5 Å². The van der Waals surface area contributed by atoms with Crippen LogP contribution in [0.1, 0.15) is 30.0 Å². The third kappa shape index (κ3) is 3.09. The Balaban J connectivity index is 2.39. The number of hydrogen-bond acceptors (Lipinski definition) is 4. The fraction of sp³-hybridized carbons (Fsp3) is 0.308. The number of aryl methyl sites for hydroxylation is 2. The van der Waals surface area contributed by atoms with E-state index < -0.39 is 26.8 Å². The number of benzene rings is 1. The van der Waals surface area contributed by atoms with Crippen molar-refractivity contribution < 1.29 is 17.3 Å². The van der Waals surface area contributed by atoms with Gasteiger partial charge in [0.05, 0.1) is 10.7 Å². The topological polar surface area (TPSA) is 72.2 Å². The zero-order chi connectivity index (χ0) is 15.8. The van der Waals surface area contributed by atoms with Crippen LogP contribution in [0, 0.1) is 19.7 Å². The van der Waals surface area contributed by atoms with E-state index in [1.807, 2.05) is 0 Å². The van der Waals surface area contributed by atoms with Gasteiger partial charge in [0.15, 0.2) is 0 Å². The van der Waals surface area contributed by atoms with Gasteiger partial charge in [0.25, 0.3) is 0 Å². The van der Waals surface area contributed by atoms with E-state index in [2.05, 4.69) is 9.88 Å². The first-order chi connectivity index (χ1) is 9.74. The molecule has 0 spiro atoms. The molecule has 1 N–H and O–H groups in total. The molecule has 0 amide bonds. The van der Waals surface area contributed by atoms with Crippen molar-refractivity contribution in [3.8, 4) is 0 Å². The molecule has 0 fully saturated rings. The van der Waals surface area contributed by atoms with Crippen LogP contribution < -0.4 is 4.72 Å². The zero-order valence-corrected chi connectivity index (χ0v) is 13.2. The minimum Gasteiger partial charge on any atom is -0.361 e. The molecule has 1 aromatic carbocycles. The largest absolute Gasteiger partial charge is 0.361 e. The van der Waals surface area contributed by atoms with Crippen molar-refractivity contribution >= 4 is 21.6 Å². The smallest absolute Gasteiger partial charge is 0.245 e. The third-order valence-electron chi connectivity index (χ3n) is 3.04. The highest BCUT2D eigenvalue weighted by Crippen LogP contribution is 2.27. The van der Waals surface area contributed by atoms with Gasteiger partial charge in [0.2, 0.25) is 10.0 Å². The van der Waals surface area contributed by atoms with Crippen LogP contribution >= 0.6 is 11.6 Å². The van der Waals surface area contributed by atoms with Crippen molar-refractivity contribution in [1.29, 1.82) is 0 Å². The van der Waals surface area contributed by atoms with Crippen molar-refractivity contribution in [2.24, 2.45) is 0 Å². The second-order valence-corrected chi connectivity index (χ2v) is 6.69. The average molecular weight is 333 g/mol. The number of hydrogen-bond donors (Lipinski definition) is 1. The molecule has 0 aliphatic carbocycles. The second-order valence-electron chi connectivity index (χ2n) is 4.63. The summed E-state index contributed by atoms with van der Waals surface area (Å²) in [6.45, 7) is 5.00. The maximum atomic E-state index is 13.8. The molecule has 2 rings (SSSR count). The molecule has 0 aliphatic heterocycles. The van der Waals surface area contributed by atoms with Gasteiger partial charge in [0, 0.05) is 11.6 Å². The number of sulfonamides is 1. The molecule has 21 heavy (non-hydrogen) atoms. The van der Waals surface area contributed by atoms with E-state index in [4.69, 9.17) is 16.1 Å². The van der Waals surface area contributed by atoms with Crippen molar-refractivity contribution in [2.75, 3.05) is 0 Å². The van der Waals surface area contributed by atoms with Crippen LogP contribution in [0.15, 0.2) is 27.6 Å². The Labute approximate surface area is 127 Å². The molecular weight excluding hydrogens is 319 g/mol. The molecule has 1 heterocycles. The average Bonchev–Trinajstić information content (AvgIpc) is 2.67. The Morgan fingerprint density at radius 1 is 1.38 bits per heavy atom. The Morgan fingerprint density at radius 2 is 2.05 bits per heavy atom. The SMILES string of the molecule is Cc1noc(C)c1C(C)NS(=O)(=O)c1c(F)cccc1Cl. The second kappa shape index (κ2) is 5.75. The summed E-state index contributed by atoms with van der Waals surface area (Å²) in [5.41, 5.74) is 1.19. The minimum atomic E-state index is -4.11. The molecule has 1 aromatic heterocycles. The molecule has 114 valence electrons. The summed E-state index contributed by atoms with van der Waals surface area (Å²) in [7, 11) is -4.11. The molecule has 0 aliphatic rings. The molecule has 0 saturated carbocycles. The van der Waals surface area contributed by atoms with E-state index in [9.17, 15) is 12.8 Å². The van der Waals surface area contributed by atoms with E-state index in [1.165, 1.54) is 12.1 Å². The van der Waals surface area contributed by atoms with Crippen LogP contribution in [-0.2, 0) is 10.0 Å². The molecule has 1 unspecified atom stereocenters. The van der Waals surface area contributed by atoms with Gasteiger partial charge in [0.1, 0.15) is 16.5 Å². The summed E-state index contributed by atoms with van der Waals surface area (Å²) in [5.74, 6) is -0.400. The summed E-state index contributed by atoms with van der Waals surface area (Å²) >= 11 is 5.79. The van der Waals surface area contributed by atoms with Crippen molar-refractivity contribution in [1.82, 2.24) is 9.88 Å². The molecule has 0 saturated heterocycles. The maximum absolute atomic E-state index is 13.8. The van der Waals surface area contributed by atoms with E-state index >= 15 is 0 Å². The quantitative estimate of drug-likeness (QED) is 0.933. The normalized spacial score (nSPS) is 13.4. The molecule has 8 heteroatoms. The first kappa shape index (κ1) is 15.9. The van der Waals surface area contributed by atoms with Crippen molar-refractivity contribution in [3.05, 3.63) is 46.1 Å². The number of aromatic nitrogens is 1. The predicted octanol–water partition coefficient (Wildman–Crippen LogP) is 3.12. The van der Waals surface area contributed by atoms with Gasteiger partial charge in [-0.05, 0) is 32.9 Å². The van der Waals surface area contributed by atoms with Gasteiger partial charge in [-0.15, -0.1) is 0 Å². The minimum absolute atomic E-state index is 0.173. The van der Waals surface area contributed by atoms with Gasteiger partial charge in [-0.3, -0.25) is 0 Å². The summed E-state index contributed by atoms with van der Waals surface area (Å²) in [6, 6.07) is 3.08. The predicted molar refractivity (Wildman–Crippen MR) is 76.1 cm³/mol. The first-order valence-corrected chi connectivity index (χ1v) is 7.99. The lowest BCUT2D eigenvalue weighted by Gasteiger charge is -2.15. The van der Waals surface area contributed by atoms with Gasteiger partial charge in [-0.1, -0.05) is 22.8 Å². The van der Waals surface area contributed by atoms with Crippen LogP contribution in [0.5, 0.6) is 0 Å². The Bertz CT molecular complexity index is 734. The van der Waals surface area contributed by atoms with Crippen LogP contribution in [-0.4, -0.2) is 13.6 Å². The van der Waals surface area contributed by atoms with Crippen LogP contribution in [0.4, 0.5) is 4.39 Å². The van der Waals surface area contributed by atoms with E-state index in [0.717, 1.165) is 6.07 Å². The molecule has 0 radical (unpaired) electrons. The first-order valence-electron chi connectivity index (χ1n) is 6.13. The van der Waals surface area contributed by atoms with E-state index in [-0.39, 0.29) is 5.02 Å². The summed E-state index contributed by atoms with van der Waals surface area (Å²) in [4.78, 5) is -0.565. The number of nitrogens with zero attached hydrogens (tertiary/aromatic N) is 1. The van der Waals surface area contributed by atoms with Crippen LogP contribution in [0.25, 0.3) is 0 Å². The molecule has 5 nitrogen and oxygen atoms in total. The van der Waals surface area contributed by atoms with Gasteiger partial charge >= 0.3 is 0 Å². The standard InChI is InChI=1S/C13H14ClFN2O3S/c1-7-12(9(3)20-16-7)8(2)17-21(18,19)13-10(14)5-4-6-11(13)15/h4-6,8,17H,1-3H3. The molecular formula is C13H14ClFN2O3S. The molecule has 0 bridgehead atoms. The lowest BCUT2D eigenvalue weighted by molar-refractivity contribution is 0.391. The van der Waals surface area contributed by atoms with Gasteiger partial charge in [-0.2, -0.15) is 0 Å². The summed E-state index contributed by atoms with van der Waals surface area (Å²) < 4.78 is 45.8. The summed E-state index contributed by atoms with van der Waals surface area (Å²) in [6.07, 6.45) is 0. The fourth-order valence-corrected chi connectivity index (χ4v) is 4.02. The number of halogens is 2. The lowest BCUT2D eigenvalue weighted by Crippen LogP contribution is -2.28. The highest BCUT2D eigenvalue weighted by atomic mass is 35.5.